The molecule has 0 aliphatic rings. The van der Waals surface area contributed by atoms with Crippen molar-refractivity contribution in [3.05, 3.63) is 47.7 Å². The summed E-state index contributed by atoms with van der Waals surface area (Å²) in [5.41, 5.74) is 2.52. The Morgan fingerprint density at radius 2 is 1.93 bits per heavy atom. The molecule has 15 heavy (non-hydrogen) atoms. The average molecular weight is 200 g/mol. The van der Waals surface area contributed by atoms with Gasteiger partial charge in [0, 0.05) is 13.1 Å². The lowest BCUT2D eigenvalue weighted by molar-refractivity contribution is 0.442. The zero-order chi connectivity index (χ0) is 10.8. The molecule has 77 valence electrons. The summed E-state index contributed by atoms with van der Waals surface area (Å²) in [5.74, 6) is 1.67. The Hall–Kier alpha value is -1.70. The van der Waals surface area contributed by atoms with Crippen molar-refractivity contribution < 1.29 is 4.74 Å². The maximum Gasteiger partial charge on any atom is 0.200 e. The summed E-state index contributed by atoms with van der Waals surface area (Å²) in [6.07, 6.45) is 3.01. The Bertz CT molecular complexity index is 471. The predicted molar refractivity (Wildman–Crippen MR) is 60.2 cm³/mol. The molecule has 0 aliphatic heterocycles. The van der Waals surface area contributed by atoms with Gasteiger partial charge < -0.3 is 9.30 Å². The first-order chi connectivity index (χ1) is 7.16. The second kappa shape index (κ2) is 3.81. The van der Waals surface area contributed by atoms with Crippen molar-refractivity contribution in [1.29, 1.82) is 0 Å². The first-order valence-electron chi connectivity index (χ1n) is 4.95. The molecule has 0 bridgehead atoms. The molecule has 0 saturated carbocycles. The molecule has 1 aromatic heterocycles. The molecule has 0 atom stereocenters. The fraction of sp³-hybridized carbons (Fsp3) is 0.231. The van der Waals surface area contributed by atoms with Gasteiger partial charge in [-0.3, -0.25) is 0 Å². The fourth-order valence-electron chi connectivity index (χ4n) is 1.40. The summed E-state index contributed by atoms with van der Waals surface area (Å²) in [6.45, 7) is 4.18. The van der Waals surface area contributed by atoms with Gasteiger partial charge in [-0.15, -0.1) is 0 Å². The fourth-order valence-corrected chi connectivity index (χ4v) is 1.40. The van der Waals surface area contributed by atoms with E-state index in [1.54, 1.807) is 0 Å². The second-order valence-corrected chi connectivity index (χ2v) is 3.71. The van der Waals surface area contributed by atoms with Gasteiger partial charge in [0.05, 0.1) is 6.20 Å². The zero-order valence-corrected chi connectivity index (χ0v) is 9.24. The van der Waals surface area contributed by atoms with E-state index in [-0.39, 0.29) is 0 Å². The lowest BCUT2D eigenvalue weighted by Gasteiger charge is -2.08. The number of rotatable bonds is 2. The normalized spacial score (nSPS) is 10.3. The van der Waals surface area contributed by atoms with Gasteiger partial charge in [0.15, 0.2) is 5.88 Å². The maximum absolute atomic E-state index is 5.72. The Balaban J connectivity index is 2.25. The van der Waals surface area contributed by atoms with Crippen LogP contribution in [0.3, 0.4) is 0 Å². The van der Waals surface area contributed by atoms with Crippen LogP contribution in [0.5, 0.6) is 11.6 Å². The number of hydrogen-bond donors (Lipinski definition) is 0. The van der Waals surface area contributed by atoms with Gasteiger partial charge in [0.1, 0.15) is 5.75 Å². The van der Waals surface area contributed by atoms with Crippen LogP contribution >= 0.6 is 0 Å². The molecule has 1 radical (unpaired) electrons. The van der Waals surface area contributed by atoms with E-state index in [4.69, 9.17) is 4.74 Å². The molecular formula is C13H14NO. The molecule has 1 heterocycles. The van der Waals surface area contributed by atoms with Gasteiger partial charge >= 0.3 is 0 Å². The highest BCUT2D eigenvalue weighted by Crippen LogP contribution is 2.23. The van der Waals surface area contributed by atoms with Crippen LogP contribution in [0.15, 0.2) is 30.3 Å². The Labute approximate surface area is 90.1 Å². The van der Waals surface area contributed by atoms with Gasteiger partial charge in [-0.1, -0.05) is 6.07 Å². The monoisotopic (exact) mass is 200 g/mol. The van der Waals surface area contributed by atoms with E-state index in [0.29, 0.717) is 0 Å². The molecular weight excluding hydrogens is 186 g/mol. The standard InChI is InChI=1S/C13H14NO/c1-10-6-7-12(9-11(10)2)15-13-5-4-8-14(13)3/h4-7,9H,1-3H3. The summed E-state index contributed by atoms with van der Waals surface area (Å²) < 4.78 is 7.55. The third-order valence-corrected chi connectivity index (χ3v) is 2.53. The first kappa shape index (κ1) is 9.84. The van der Waals surface area contributed by atoms with E-state index in [2.05, 4.69) is 26.1 Å². The van der Waals surface area contributed by atoms with Gasteiger partial charge in [-0.05, 0) is 43.2 Å². The van der Waals surface area contributed by atoms with Crippen LogP contribution in [0.1, 0.15) is 11.1 Å². The van der Waals surface area contributed by atoms with E-state index >= 15 is 0 Å². The third kappa shape index (κ3) is 2.04. The summed E-state index contributed by atoms with van der Waals surface area (Å²) in [6, 6.07) is 9.83. The minimum absolute atomic E-state index is 0.804. The van der Waals surface area contributed by atoms with Crippen LogP contribution in [0, 0.1) is 20.0 Å². The molecule has 0 amide bonds. The highest BCUT2D eigenvalue weighted by Gasteiger charge is 2.01. The van der Waals surface area contributed by atoms with E-state index in [1.165, 1.54) is 11.1 Å². The number of aryl methyl sites for hydroxylation is 3. The largest absolute Gasteiger partial charge is 0.441 e. The number of aromatic nitrogens is 1. The zero-order valence-electron chi connectivity index (χ0n) is 9.24. The van der Waals surface area contributed by atoms with Crippen LogP contribution < -0.4 is 4.74 Å². The van der Waals surface area contributed by atoms with Crippen molar-refractivity contribution >= 4 is 0 Å². The third-order valence-electron chi connectivity index (χ3n) is 2.53. The second-order valence-electron chi connectivity index (χ2n) is 3.71. The molecule has 2 rings (SSSR count). The lowest BCUT2D eigenvalue weighted by atomic mass is 10.1. The average Bonchev–Trinajstić information content (AvgIpc) is 2.59. The van der Waals surface area contributed by atoms with Crippen molar-refractivity contribution in [3.8, 4) is 11.6 Å². The molecule has 2 heteroatoms. The summed E-state index contributed by atoms with van der Waals surface area (Å²) in [4.78, 5) is 0. The van der Waals surface area contributed by atoms with Crippen LogP contribution in [-0.4, -0.2) is 4.57 Å². The molecule has 0 unspecified atom stereocenters. The molecule has 0 fully saturated rings. The topological polar surface area (TPSA) is 14.2 Å². The molecule has 2 nitrogen and oxygen atoms in total. The number of nitrogens with zero attached hydrogens (tertiary/aromatic N) is 1. The molecule has 0 spiro atoms. The summed E-state index contributed by atoms with van der Waals surface area (Å²) >= 11 is 0. The molecule has 1 aromatic carbocycles. The SMILES string of the molecule is Cc1ccc(Oc2cc[c]n2C)cc1C. The van der Waals surface area contributed by atoms with Crippen molar-refractivity contribution in [2.75, 3.05) is 0 Å². The van der Waals surface area contributed by atoms with Gasteiger partial charge in [-0.25, -0.2) is 0 Å². The summed E-state index contributed by atoms with van der Waals surface area (Å²) in [5, 5.41) is 0. The highest BCUT2D eigenvalue weighted by molar-refractivity contribution is 5.35. The molecule has 0 N–H and O–H groups in total. The highest BCUT2D eigenvalue weighted by atomic mass is 16.5. The smallest absolute Gasteiger partial charge is 0.200 e. The van der Waals surface area contributed by atoms with Gasteiger partial charge in [-0.2, -0.15) is 0 Å². The molecule has 2 aromatic rings. The Kier molecular flexibility index (Phi) is 2.50. The van der Waals surface area contributed by atoms with Crippen LogP contribution in [0.2, 0.25) is 0 Å². The first-order valence-corrected chi connectivity index (χ1v) is 4.95. The lowest BCUT2D eigenvalue weighted by Crippen LogP contribution is -1.92. The van der Waals surface area contributed by atoms with E-state index in [9.17, 15) is 0 Å². The minimum Gasteiger partial charge on any atom is -0.441 e. The molecule has 0 saturated heterocycles. The van der Waals surface area contributed by atoms with Crippen molar-refractivity contribution in [1.82, 2.24) is 4.57 Å². The number of hydrogen-bond acceptors (Lipinski definition) is 1. The van der Waals surface area contributed by atoms with Crippen molar-refractivity contribution in [2.45, 2.75) is 13.8 Å². The number of benzene rings is 1. The van der Waals surface area contributed by atoms with Gasteiger partial charge in [0.25, 0.3) is 0 Å². The maximum atomic E-state index is 5.72. The van der Waals surface area contributed by atoms with Crippen LogP contribution in [-0.2, 0) is 7.05 Å². The van der Waals surface area contributed by atoms with E-state index < -0.39 is 0 Å². The van der Waals surface area contributed by atoms with Crippen molar-refractivity contribution in [3.63, 3.8) is 0 Å². The predicted octanol–water partition coefficient (Wildman–Crippen LogP) is 3.23. The quantitative estimate of drug-likeness (QED) is 0.726. The van der Waals surface area contributed by atoms with E-state index in [0.717, 1.165) is 11.6 Å². The van der Waals surface area contributed by atoms with Crippen LogP contribution in [0.4, 0.5) is 0 Å². The van der Waals surface area contributed by atoms with Crippen molar-refractivity contribution in [2.24, 2.45) is 7.05 Å². The Morgan fingerprint density at radius 3 is 2.53 bits per heavy atom. The molecule has 0 aliphatic carbocycles. The van der Waals surface area contributed by atoms with Gasteiger partial charge in [0.2, 0.25) is 0 Å². The minimum atomic E-state index is 0.804. The van der Waals surface area contributed by atoms with E-state index in [1.807, 2.05) is 35.9 Å². The summed E-state index contributed by atoms with van der Waals surface area (Å²) in [7, 11) is 1.91. The number of ether oxygens (including phenoxy) is 1. The Morgan fingerprint density at radius 1 is 1.13 bits per heavy atom. The van der Waals surface area contributed by atoms with Crippen LogP contribution in [0.25, 0.3) is 0 Å².